The van der Waals surface area contributed by atoms with E-state index in [9.17, 15) is 0 Å². The van der Waals surface area contributed by atoms with Crippen LogP contribution < -0.4 is 0 Å². The standard InChI is InChI=1S/C12H18ClN3O/c1-17-9-10-3-2-6-16(7-10)8-11-4-5-12(13)15-14-11/h4-5,10H,2-3,6-9H2,1H3. The molecule has 1 aromatic rings. The summed E-state index contributed by atoms with van der Waals surface area (Å²) in [4.78, 5) is 2.41. The van der Waals surface area contributed by atoms with Crippen LogP contribution in [0.3, 0.4) is 0 Å². The maximum atomic E-state index is 5.72. The summed E-state index contributed by atoms with van der Waals surface area (Å²) >= 11 is 5.72. The fraction of sp³-hybridized carbons (Fsp3) is 0.667. The van der Waals surface area contributed by atoms with Crippen molar-refractivity contribution in [3.05, 3.63) is 23.0 Å². The van der Waals surface area contributed by atoms with Gasteiger partial charge in [-0.25, -0.2) is 0 Å². The highest BCUT2D eigenvalue weighted by atomic mass is 35.5. The topological polar surface area (TPSA) is 38.2 Å². The number of halogens is 1. The lowest BCUT2D eigenvalue weighted by Crippen LogP contribution is -2.36. The van der Waals surface area contributed by atoms with Crippen molar-refractivity contribution in [2.45, 2.75) is 19.4 Å². The first-order chi connectivity index (χ1) is 8.28. The zero-order chi connectivity index (χ0) is 12.1. The monoisotopic (exact) mass is 255 g/mol. The van der Waals surface area contributed by atoms with E-state index in [-0.39, 0.29) is 0 Å². The maximum Gasteiger partial charge on any atom is 0.151 e. The lowest BCUT2D eigenvalue weighted by atomic mass is 9.99. The number of hydrogen-bond donors (Lipinski definition) is 0. The molecule has 0 saturated carbocycles. The molecule has 2 rings (SSSR count). The second-order valence-electron chi connectivity index (χ2n) is 4.55. The normalized spacial score (nSPS) is 21.6. The van der Waals surface area contributed by atoms with Crippen LogP contribution in [0.5, 0.6) is 0 Å². The van der Waals surface area contributed by atoms with E-state index in [1.165, 1.54) is 12.8 Å². The van der Waals surface area contributed by atoms with Crippen LogP contribution in [0.4, 0.5) is 0 Å². The van der Waals surface area contributed by atoms with E-state index >= 15 is 0 Å². The lowest BCUT2D eigenvalue weighted by molar-refractivity contribution is 0.0867. The molecule has 2 heterocycles. The minimum absolute atomic E-state index is 0.449. The predicted molar refractivity (Wildman–Crippen MR) is 66.9 cm³/mol. The van der Waals surface area contributed by atoms with Gasteiger partial charge in [0.25, 0.3) is 0 Å². The zero-order valence-corrected chi connectivity index (χ0v) is 10.9. The van der Waals surface area contributed by atoms with Crippen molar-refractivity contribution >= 4 is 11.6 Å². The van der Waals surface area contributed by atoms with Gasteiger partial charge in [0, 0.05) is 20.2 Å². The first-order valence-electron chi connectivity index (χ1n) is 5.97. The van der Waals surface area contributed by atoms with Gasteiger partial charge in [-0.1, -0.05) is 11.6 Å². The van der Waals surface area contributed by atoms with Gasteiger partial charge in [0.2, 0.25) is 0 Å². The van der Waals surface area contributed by atoms with Crippen LogP contribution in [0.15, 0.2) is 12.1 Å². The Morgan fingerprint density at radius 3 is 3.06 bits per heavy atom. The molecule has 1 fully saturated rings. The van der Waals surface area contributed by atoms with Gasteiger partial charge in [0.1, 0.15) is 0 Å². The van der Waals surface area contributed by atoms with Crippen molar-refractivity contribution in [1.82, 2.24) is 15.1 Å². The summed E-state index contributed by atoms with van der Waals surface area (Å²) < 4.78 is 5.22. The Morgan fingerprint density at radius 2 is 2.35 bits per heavy atom. The third-order valence-corrected chi connectivity index (χ3v) is 3.28. The minimum Gasteiger partial charge on any atom is -0.384 e. The number of ether oxygens (including phenoxy) is 1. The van der Waals surface area contributed by atoms with E-state index in [0.717, 1.165) is 31.9 Å². The second-order valence-corrected chi connectivity index (χ2v) is 4.93. The number of rotatable bonds is 4. The molecular formula is C12H18ClN3O. The highest BCUT2D eigenvalue weighted by molar-refractivity contribution is 6.29. The average molecular weight is 256 g/mol. The van der Waals surface area contributed by atoms with E-state index in [1.54, 1.807) is 13.2 Å². The minimum atomic E-state index is 0.449. The van der Waals surface area contributed by atoms with Crippen molar-refractivity contribution in [2.75, 3.05) is 26.8 Å². The second kappa shape index (κ2) is 6.28. The Hall–Kier alpha value is -0.710. The summed E-state index contributed by atoms with van der Waals surface area (Å²) in [5, 5.41) is 8.40. The van der Waals surface area contributed by atoms with E-state index in [4.69, 9.17) is 16.3 Å². The van der Waals surface area contributed by atoms with Gasteiger partial charge in [0.15, 0.2) is 5.15 Å². The molecule has 1 aliphatic rings. The molecule has 0 aliphatic carbocycles. The van der Waals surface area contributed by atoms with Crippen LogP contribution in [0.1, 0.15) is 18.5 Å². The highest BCUT2D eigenvalue weighted by Crippen LogP contribution is 2.18. The first-order valence-corrected chi connectivity index (χ1v) is 6.35. The Balaban J connectivity index is 1.87. The van der Waals surface area contributed by atoms with Gasteiger partial charge in [-0.2, -0.15) is 5.10 Å². The third kappa shape index (κ3) is 3.91. The fourth-order valence-corrected chi connectivity index (χ4v) is 2.42. The number of hydrogen-bond acceptors (Lipinski definition) is 4. The largest absolute Gasteiger partial charge is 0.384 e. The Bertz CT molecular complexity index is 342. The molecule has 4 nitrogen and oxygen atoms in total. The van der Waals surface area contributed by atoms with Crippen LogP contribution in [0, 0.1) is 5.92 Å². The predicted octanol–water partition coefficient (Wildman–Crippen LogP) is 1.99. The molecule has 0 spiro atoms. The van der Waals surface area contributed by atoms with Crippen molar-refractivity contribution < 1.29 is 4.74 Å². The summed E-state index contributed by atoms with van der Waals surface area (Å²) in [5.74, 6) is 0.647. The van der Waals surface area contributed by atoms with Crippen LogP contribution in [-0.2, 0) is 11.3 Å². The highest BCUT2D eigenvalue weighted by Gasteiger charge is 2.20. The zero-order valence-electron chi connectivity index (χ0n) is 10.1. The Labute approximate surface area is 107 Å². The third-order valence-electron chi connectivity index (χ3n) is 3.08. The summed E-state index contributed by atoms with van der Waals surface area (Å²) in [6, 6.07) is 3.73. The number of likely N-dealkylation sites (tertiary alicyclic amines) is 1. The molecule has 17 heavy (non-hydrogen) atoms. The summed E-state index contributed by atoms with van der Waals surface area (Å²) in [5.41, 5.74) is 0.979. The number of methoxy groups -OCH3 is 1. The molecule has 94 valence electrons. The van der Waals surface area contributed by atoms with Crippen molar-refractivity contribution in [1.29, 1.82) is 0 Å². The molecule has 1 aromatic heterocycles. The SMILES string of the molecule is COCC1CCCN(Cc2ccc(Cl)nn2)C1. The molecule has 5 heteroatoms. The van der Waals surface area contributed by atoms with Gasteiger partial charge in [-0.05, 0) is 37.4 Å². The van der Waals surface area contributed by atoms with Gasteiger partial charge in [-0.15, -0.1) is 5.10 Å². The van der Waals surface area contributed by atoms with Crippen LogP contribution in [-0.4, -0.2) is 41.9 Å². The smallest absolute Gasteiger partial charge is 0.151 e. The first kappa shape index (κ1) is 12.7. The average Bonchev–Trinajstić information content (AvgIpc) is 2.33. The molecule has 0 N–H and O–H groups in total. The van der Waals surface area contributed by atoms with E-state index < -0.39 is 0 Å². The molecule has 0 aromatic carbocycles. The Kier molecular flexibility index (Phi) is 4.71. The number of piperidine rings is 1. The molecule has 1 aliphatic heterocycles. The summed E-state index contributed by atoms with van der Waals surface area (Å²) in [6.45, 7) is 3.91. The van der Waals surface area contributed by atoms with E-state index in [1.807, 2.05) is 6.07 Å². The molecule has 1 saturated heterocycles. The maximum absolute atomic E-state index is 5.72. The summed E-state index contributed by atoms with van der Waals surface area (Å²) in [6.07, 6.45) is 2.49. The summed E-state index contributed by atoms with van der Waals surface area (Å²) in [7, 11) is 1.77. The lowest BCUT2D eigenvalue weighted by Gasteiger charge is -2.31. The van der Waals surface area contributed by atoms with E-state index in [0.29, 0.717) is 11.1 Å². The van der Waals surface area contributed by atoms with Crippen molar-refractivity contribution in [2.24, 2.45) is 5.92 Å². The quantitative estimate of drug-likeness (QED) is 0.825. The molecule has 1 atom stereocenters. The molecular weight excluding hydrogens is 238 g/mol. The molecule has 0 radical (unpaired) electrons. The molecule has 1 unspecified atom stereocenters. The number of aromatic nitrogens is 2. The van der Waals surface area contributed by atoms with Crippen LogP contribution in [0.2, 0.25) is 5.15 Å². The van der Waals surface area contributed by atoms with Gasteiger partial charge in [0.05, 0.1) is 12.3 Å². The van der Waals surface area contributed by atoms with Crippen LogP contribution in [0.25, 0.3) is 0 Å². The molecule has 0 amide bonds. The van der Waals surface area contributed by atoms with Crippen molar-refractivity contribution in [3.63, 3.8) is 0 Å². The van der Waals surface area contributed by atoms with Gasteiger partial charge < -0.3 is 4.74 Å². The number of nitrogens with zero attached hydrogens (tertiary/aromatic N) is 3. The fourth-order valence-electron chi connectivity index (χ4n) is 2.32. The van der Waals surface area contributed by atoms with Crippen molar-refractivity contribution in [3.8, 4) is 0 Å². The van der Waals surface area contributed by atoms with Gasteiger partial charge in [-0.3, -0.25) is 4.90 Å². The Morgan fingerprint density at radius 1 is 1.47 bits per heavy atom. The van der Waals surface area contributed by atoms with Crippen LogP contribution >= 0.6 is 11.6 Å². The van der Waals surface area contributed by atoms with Gasteiger partial charge >= 0.3 is 0 Å². The molecule has 0 bridgehead atoms. The van der Waals surface area contributed by atoms with E-state index in [2.05, 4.69) is 15.1 Å².